The zero-order valence-electron chi connectivity index (χ0n) is 18.8. The Kier molecular flexibility index (Phi) is 8.46. The van der Waals surface area contributed by atoms with Crippen molar-refractivity contribution in [1.82, 2.24) is 15.4 Å². The van der Waals surface area contributed by atoms with Crippen LogP contribution in [0.4, 0.5) is 0 Å². The van der Waals surface area contributed by atoms with Crippen molar-refractivity contribution in [3.8, 4) is 0 Å². The van der Waals surface area contributed by atoms with Gasteiger partial charge >= 0.3 is 5.97 Å². The van der Waals surface area contributed by atoms with Gasteiger partial charge in [-0.05, 0) is 81.1 Å². The Bertz CT molecular complexity index is 1270. The van der Waals surface area contributed by atoms with Gasteiger partial charge in [0.2, 0.25) is 10.0 Å². The first kappa shape index (κ1) is 26.1. The maximum absolute atomic E-state index is 12.6. The molecule has 3 heterocycles. The van der Waals surface area contributed by atoms with E-state index in [4.69, 9.17) is 11.6 Å². The van der Waals surface area contributed by atoms with Gasteiger partial charge in [0.15, 0.2) is 0 Å². The van der Waals surface area contributed by atoms with E-state index in [2.05, 4.69) is 21.4 Å². The molecule has 35 heavy (non-hydrogen) atoms. The highest BCUT2D eigenvalue weighted by Gasteiger charge is 2.26. The number of thiophene rings is 2. The topological polar surface area (TPSA) is 125 Å². The summed E-state index contributed by atoms with van der Waals surface area (Å²) in [5.74, 6) is -1.07. The van der Waals surface area contributed by atoms with Crippen LogP contribution in [0.1, 0.15) is 33.8 Å². The van der Waals surface area contributed by atoms with Gasteiger partial charge in [0, 0.05) is 25.8 Å². The Labute approximate surface area is 216 Å². The maximum atomic E-state index is 12.6. The fraction of sp³-hybridized carbons (Fsp3) is 0.391. The summed E-state index contributed by atoms with van der Waals surface area (Å²) in [7, 11) is -4.10. The second kappa shape index (κ2) is 11.4. The molecule has 0 aliphatic carbocycles. The molecule has 1 aliphatic rings. The Morgan fingerprint density at radius 1 is 1.11 bits per heavy atom. The second-order valence-electron chi connectivity index (χ2n) is 8.46. The van der Waals surface area contributed by atoms with Gasteiger partial charge in [0.05, 0.1) is 9.77 Å². The minimum Gasteiger partial charge on any atom is -0.480 e. The fourth-order valence-electron chi connectivity index (χ4n) is 3.97. The predicted octanol–water partition coefficient (Wildman–Crippen LogP) is 3.71. The summed E-state index contributed by atoms with van der Waals surface area (Å²) in [6, 6.07) is 7.76. The van der Waals surface area contributed by atoms with E-state index in [9.17, 15) is 23.1 Å². The van der Waals surface area contributed by atoms with Crippen LogP contribution >= 0.6 is 34.3 Å². The lowest BCUT2D eigenvalue weighted by atomic mass is 9.93. The van der Waals surface area contributed by atoms with Crippen molar-refractivity contribution < 1.29 is 23.1 Å². The Hall–Kier alpha value is -2.02. The van der Waals surface area contributed by atoms with Crippen LogP contribution in [-0.4, -0.2) is 51.1 Å². The van der Waals surface area contributed by atoms with Crippen molar-refractivity contribution in [2.45, 2.75) is 36.6 Å². The number of aryl methyl sites for hydroxylation is 1. The number of nitrogens with one attached hydrogen (secondary N) is 3. The van der Waals surface area contributed by atoms with Crippen LogP contribution in [0.25, 0.3) is 9.40 Å². The number of amides is 1. The van der Waals surface area contributed by atoms with E-state index in [0.29, 0.717) is 9.90 Å². The third-order valence-corrected chi connectivity index (χ3v) is 10.0. The first-order chi connectivity index (χ1) is 16.7. The van der Waals surface area contributed by atoms with E-state index < -0.39 is 34.5 Å². The highest BCUT2D eigenvalue weighted by Crippen LogP contribution is 2.34. The van der Waals surface area contributed by atoms with E-state index >= 15 is 0 Å². The summed E-state index contributed by atoms with van der Waals surface area (Å²) >= 11 is 8.81. The zero-order chi connectivity index (χ0) is 25.0. The summed E-state index contributed by atoms with van der Waals surface area (Å²) in [4.78, 5) is 25.9. The molecule has 1 fully saturated rings. The molecule has 1 atom stereocenters. The van der Waals surface area contributed by atoms with Gasteiger partial charge in [0.25, 0.3) is 5.91 Å². The minimum absolute atomic E-state index is 0.117. The van der Waals surface area contributed by atoms with Gasteiger partial charge in [-0.25, -0.2) is 8.42 Å². The van der Waals surface area contributed by atoms with Gasteiger partial charge < -0.3 is 15.7 Å². The Balaban J connectivity index is 1.34. The number of hydrogen-bond acceptors (Lipinski definition) is 7. The Morgan fingerprint density at radius 3 is 2.46 bits per heavy atom. The average Bonchev–Trinajstić information content (AvgIpc) is 3.40. The van der Waals surface area contributed by atoms with Crippen molar-refractivity contribution >= 4 is 65.6 Å². The molecule has 8 nitrogen and oxygen atoms in total. The standard InChI is InChI=1S/C23H26ClN3O5S3/c24-15-2-5-17(6-3-15)35(31,32)27-18(23(29)30)13-26-22(28)21-12-20-19(34-21)11-16(33-20)4-1-14-7-9-25-10-8-14/h2-3,5-6,11-12,14,18,25,27H,1,4,7-10,13H2,(H,26,28)(H,29,30)/t18-/m0/s1. The van der Waals surface area contributed by atoms with E-state index in [0.717, 1.165) is 34.8 Å². The molecule has 4 rings (SSSR count). The number of rotatable bonds is 10. The van der Waals surface area contributed by atoms with Crippen LogP contribution in [0.3, 0.4) is 0 Å². The molecule has 188 valence electrons. The molecule has 0 unspecified atom stereocenters. The summed E-state index contributed by atoms with van der Waals surface area (Å²) in [5, 5.41) is 15.8. The average molecular weight is 556 g/mol. The first-order valence-corrected chi connectivity index (χ1v) is 14.7. The van der Waals surface area contributed by atoms with Crippen LogP contribution in [0, 0.1) is 5.92 Å². The molecule has 0 radical (unpaired) electrons. The lowest BCUT2D eigenvalue weighted by molar-refractivity contribution is -0.138. The number of carboxylic acids is 1. The number of fused-ring (bicyclic) bond motifs is 1. The number of sulfonamides is 1. The normalized spacial score (nSPS) is 15.8. The maximum Gasteiger partial charge on any atom is 0.323 e. The molecule has 1 aliphatic heterocycles. The van der Waals surface area contributed by atoms with Gasteiger partial charge in [0.1, 0.15) is 6.04 Å². The molecule has 4 N–H and O–H groups in total. The smallest absolute Gasteiger partial charge is 0.323 e. The van der Waals surface area contributed by atoms with Crippen LogP contribution < -0.4 is 15.4 Å². The van der Waals surface area contributed by atoms with Crippen molar-refractivity contribution in [2.75, 3.05) is 19.6 Å². The minimum atomic E-state index is -4.10. The highest BCUT2D eigenvalue weighted by atomic mass is 35.5. The quantitative estimate of drug-likeness (QED) is 0.302. The first-order valence-electron chi connectivity index (χ1n) is 11.2. The fourth-order valence-corrected chi connectivity index (χ4v) is 7.64. The number of carboxylic acid groups (broad SMARTS) is 1. The molecular weight excluding hydrogens is 530 g/mol. The molecule has 12 heteroatoms. The van der Waals surface area contributed by atoms with Crippen molar-refractivity contribution in [1.29, 1.82) is 0 Å². The predicted molar refractivity (Wildman–Crippen MR) is 139 cm³/mol. The Morgan fingerprint density at radius 2 is 1.80 bits per heavy atom. The zero-order valence-corrected chi connectivity index (χ0v) is 22.0. The summed E-state index contributed by atoms with van der Waals surface area (Å²) in [6.45, 7) is 1.79. The van der Waals surface area contributed by atoms with Gasteiger partial charge in [-0.2, -0.15) is 4.72 Å². The molecule has 0 spiro atoms. The molecule has 2 aromatic heterocycles. The van der Waals surface area contributed by atoms with E-state index in [1.54, 1.807) is 11.3 Å². The number of piperidine rings is 1. The van der Waals surface area contributed by atoms with Gasteiger partial charge in [-0.3, -0.25) is 9.59 Å². The van der Waals surface area contributed by atoms with Crippen LogP contribution in [0.15, 0.2) is 41.3 Å². The SMILES string of the molecule is O=C(NC[C@H](NS(=O)(=O)c1ccc(Cl)cc1)C(=O)O)c1cc2sc(CCC3CCNCC3)cc2s1. The molecular formula is C23H26ClN3O5S3. The summed E-state index contributed by atoms with van der Waals surface area (Å²) < 4.78 is 29.2. The number of carbonyl (C=O) groups excluding carboxylic acids is 1. The second-order valence-corrected chi connectivity index (χ2v) is 12.9. The van der Waals surface area contributed by atoms with E-state index in [1.807, 2.05) is 6.07 Å². The molecule has 1 amide bonds. The lowest BCUT2D eigenvalue weighted by Gasteiger charge is -2.22. The monoisotopic (exact) mass is 555 g/mol. The summed E-state index contributed by atoms with van der Waals surface area (Å²) in [6.07, 6.45) is 4.64. The third kappa shape index (κ3) is 6.81. The van der Waals surface area contributed by atoms with E-state index in [-0.39, 0.29) is 4.90 Å². The van der Waals surface area contributed by atoms with Crippen LogP contribution in [0.2, 0.25) is 5.02 Å². The number of carbonyl (C=O) groups is 2. The lowest BCUT2D eigenvalue weighted by Crippen LogP contribution is -2.48. The van der Waals surface area contributed by atoms with Crippen LogP contribution in [-0.2, 0) is 21.2 Å². The largest absolute Gasteiger partial charge is 0.480 e. The highest BCUT2D eigenvalue weighted by molar-refractivity contribution is 7.89. The number of aliphatic carboxylic acids is 1. The number of hydrogen-bond donors (Lipinski definition) is 4. The van der Waals surface area contributed by atoms with Gasteiger partial charge in [-0.1, -0.05) is 11.6 Å². The van der Waals surface area contributed by atoms with Crippen molar-refractivity contribution in [3.63, 3.8) is 0 Å². The third-order valence-electron chi connectivity index (χ3n) is 5.93. The molecule has 0 saturated carbocycles. The van der Waals surface area contributed by atoms with Crippen molar-refractivity contribution in [3.05, 3.63) is 51.2 Å². The van der Waals surface area contributed by atoms with E-state index in [1.165, 1.54) is 59.7 Å². The van der Waals surface area contributed by atoms with Crippen LogP contribution in [0.5, 0.6) is 0 Å². The number of benzene rings is 1. The number of halogens is 1. The molecule has 3 aromatic rings. The van der Waals surface area contributed by atoms with Crippen molar-refractivity contribution in [2.24, 2.45) is 5.92 Å². The molecule has 1 aromatic carbocycles. The summed E-state index contributed by atoms with van der Waals surface area (Å²) in [5.41, 5.74) is 0. The molecule has 0 bridgehead atoms. The molecule has 1 saturated heterocycles. The van der Waals surface area contributed by atoms with Gasteiger partial charge in [-0.15, -0.1) is 22.7 Å².